The maximum absolute atomic E-state index is 12.7. The molecule has 1 fully saturated rings. The molecule has 7 heteroatoms. The number of methoxy groups -OCH3 is 1. The van der Waals surface area contributed by atoms with E-state index >= 15 is 0 Å². The minimum atomic E-state index is -1.11. The zero-order valence-corrected chi connectivity index (χ0v) is 13.5. The van der Waals surface area contributed by atoms with E-state index in [0.717, 1.165) is 4.47 Å². The van der Waals surface area contributed by atoms with Gasteiger partial charge in [-0.1, -0.05) is 15.9 Å². The van der Waals surface area contributed by atoms with Gasteiger partial charge in [-0.15, -0.1) is 0 Å². The van der Waals surface area contributed by atoms with Crippen LogP contribution >= 0.6 is 15.9 Å². The van der Waals surface area contributed by atoms with E-state index in [1.807, 2.05) is 0 Å². The number of nitrogens with zero attached hydrogens (tertiary/aromatic N) is 1. The van der Waals surface area contributed by atoms with E-state index in [4.69, 9.17) is 4.74 Å². The Bertz CT molecular complexity index is 627. The average Bonchev–Trinajstić information content (AvgIpc) is 2.42. The third-order valence-electron chi connectivity index (χ3n) is 3.42. The number of hydrogen-bond acceptors (Lipinski definition) is 4. The monoisotopic (exact) mass is 354 g/mol. The number of rotatable bonds is 2. The molecule has 0 radical (unpaired) electrons. The summed E-state index contributed by atoms with van der Waals surface area (Å²) in [6.07, 6.45) is 0. The molecule has 0 bridgehead atoms. The Morgan fingerprint density at radius 2 is 2.05 bits per heavy atom. The SMILES string of the molecule is COc1cc(Br)ccc1C(=O)N1CC(=O)NC(=O)C1(C)C. The van der Waals surface area contributed by atoms with Crippen LogP contribution in [0.5, 0.6) is 5.75 Å². The highest BCUT2D eigenvalue weighted by Crippen LogP contribution is 2.28. The lowest BCUT2D eigenvalue weighted by atomic mass is 9.97. The standard InChI is InChI=1S/C14H15BrN2O4/c1-14(2)13(20)16-11(18)7-17(14)12(19)9-5-4-8(15)6-10(9)21-3/h4-6H,7H2,1-3H3,(H,16,18,20). The second kappa shape index (κ2) is 5.48. The van der Waals surface area contributed by atoms with Crippen LogP contribution in [0, 0.1) is 0 Å². The second-order valence-corrected chi connectivity index (χ2v) is 6.09. The molecule has 21 heavy (non-hydrogen) atoms. The zero-order valence-electron chi connectivity index (χ0n) is 11.9. The Hall–Kier alpha value is -1.89. The van der Waals surface area contributed by atoms with Crippen molar-refractivity contribution in [3.05, 3.63) is 28.2 Å². The van der Waals surface area contributed by atoms with Gasteiger partial charge in [-0.3, -0.25) is 19.7 Å². The van der Waals surface area contributed by atoms with Crippen molar-refractivity contribution in [2.75, 3.05) is 13.7 Å². The number of benzene rings is 1. The van der Waals surface area contributed by atoms with Crippen LogP contribution in [-0.4, -0.2) is 41.8 Å². The summed E-state index contributed by atoms with van der Waals surface area (Å²) in [6, 6.07) is 4.96. The first-order chi connectivity index (χ1) is 9.77. The molecule has 1 aromatic rings. The first kappa shape index (κ1) is 15.5. The number of nitrogens with one attached hydrogen (secondary N) is 1. The molecular weight excluding hydrogens is 340 g/mol. The van der Waals surface area contributed by atoms with Crippen molar-refractivity contribution < 1.29 is 19.1 Å². The van der Waals surface area contributed by atoms with Gasteiger partial charge in [0.1, 0.15) is 17.8 Å². The van der Waals surface area contributed by atoms with Gasteiger partial charge in [0.15, 0.2) is 0 Å². The molecule has 1 aliphatic rings. The maximum Gasteiger partial charge on any atom is 0.258 e. The molecule has 0 aromatic heterocycles. The number of carbonyl (C=O) groups is 3. The van der Waals surface area contributed by atoms with Crippen LogP contribution < -0.4 is 10.1 Å². The normalized spacial score (nSPS) is 17.4. The van der Waals surface area contributed by atoms with Crippen LogP contribution in [0.1, 0.15) is 24.2 Å². The number of piperazine rings is 1. The minimum absolute atomic E-state index is 0.170. The first-order valence-electron chi connectivity index (χ1n) is 6.27. The largest absolute Gasteiger partial charge is 0.496 e. The number of hydrogen-bond donors (Lipinski definition) is 1. The number of carbonyl (C=O) groups excluding carboxylic acids is 3. The van der Waals surface area contributed by atoms with Gasteiger partial charge in [-0.25, -0.2) is 0 Å². The quantitative estimate of drug-likeness (QED) is 0.813. The summed E-state index contributed by atoms with van der Waals surface area (Å²) < 4.78 is 5.96. The summed E-state index contributed by atoms with van der Waals surface area (Å²) in [5.74, 6) is -1.04. The van der Waals surface area contributed by atoms with Gasteiger partial charge in [0.25, 0.3) is 11.8 Å². The Morgan fingerprint density at radius 3 is 2.67 bits per heavy atom. The average molecular weight is 355 g/mol. The highest BCUT2D eigenvalue weighted by atomic mass is 79.9. The third kappa shape index (κ3) is 2.78. The van der Waals surface area contributed by atoms with Crippen LogP contribution in [-0.2, 0) is 9.59 Å². The van der Waals surface area contributed by atoms with Crippen molar-refractivity contribution in [2.24, 2.45) is 0 Å². The Balaban J connectivity index is 2.43. The molecule has 1 saturated heterocycles. The van der Waals surface area contributed by atoms with Crippen LogP contribution in [0.4, 0.5) is 0 Å². The fraction of sp³-hybridized carbons (Fsp3) is 0.357. The van der Waals surface area contributed by atoms with Crippen LogP contribution in [0.2, 0.25) is 0 Å². The Morgan fingerprint density at radius 1 is 1.38 bits per heavy atom. The number of halogens is 1. The molecule has 0 aliphatic carbocycles. The summed E-state index contributed by atoms with van der Waals surface area (Å²) >= 11 is 3.30. The highest BCUT2D eigenvalue weighted by molar-refractivity contribution is 9.10. The Labute approximate surface area is 130 Å². The van der Waals surface area contributed by atoms with Crippen molar-refractivity contribution in [1.82, 2.24) is 10.2 Å². The van der Waals surface area contributed by atoms with Crippen molar-refractivity contribution in [1.29, 1.82) is 0 Å². The van der Waals surface area contributed by atoms with E-state index in [0.29, 0.717) is 11.3 Å². The molecule has 1 heterocycles. The predicted octanol–water partition coefficient (Wildman–Crippen LogP) is 1.33. The summed E-state index contributed by atoms with van der Waals surface area (Å²) in [5, 5.41) is 2.23. The summed E-state index contributed by atoms with van der Waals surface area (Å²) in [4.78, 5) is 37.4. The van der Waals surface area contributed by atoms with Gasteiger partial charge < -0.3 is 9.64 Å². The van der Waals surface area contributed by atoms with E-state index in [-0.39, 0.29) is 6.54 Å². The second-order valence-electron chi connectivity index (χ2n) is 5.17. The van der Waals surface area contributed by atoms with Gasteiger partial charge in [0.2, 0.25) is 5.91 Å². The van der Waals surface area contributed by atoms with Crippen molar-refractivity contribution >= 4 is 33.7 Å². The van der Waals surface area contributed by atoms with Crippen molar-refractivity contribution in [2.45, 2.75) is 19.4 Å². The molecule has 0 atom stereocenters. The van der Waals surface area contributed by atoms with Gasteiger partial charge in [0, 0.05) is 4.47 Å². The lowest BCUT2D eigenvalue weighted by Gasteiger charge is -2.40. The van der Waals surface area contributed by atoms with Crippen molar-refractivity contribution in [3.63, 3.8) is 0 Å². The third-order valence-corrected chi connectivity index (χ3v) is 3.92. The predicted molar refractivity (Wildman–Crippen MR) is 79.0 cm³/mol. The summed E-state index contributed by atoms with van der Waals surface area (Å²) in [5.41, 5.74) is -0.806. The minimum Gasteiger partial charge on any atom is -0.496 e. The molecular formula is C14H15BrN2O4. The Kier molecular flexibility index (Phi) is 4.04. The van der Waals surface area contributed by atoms with E-state index in [9.17, 15) is 14.4 Å². The summed E-state index contributed by atoms with van der Waals surface area (Å²) in [6.45, 7) is 3.02. The number of ether oxygens (including phenoxy) is 1. The molecule has 1 aromatic carbocycles. The van der Waals surface area contributed by atoms with E-state index in [2.05, 4.69) is 21.2 Å². The lowest BCUT2D eigenvalue weighted by molar-refractivity contribution is -0.143. The zero-order chi connectivity index (χ0) is 15.8. The molecule has 112 valence electrons. The molecule has 1 N–H and O–H groups in total. The molecule has 6 nitrogen and oxygen atoms in total. The van der Waals surface area contributed by atoms with E-state index in [1.54, 1.807) is 32.0 Å². The summed E-state index contributed by atoms with van der Waals surface area (Å²) in [7, 11) is 1.46. The van der Waals surface area contributed by atoms with Crippen LogP contribution in [0.3, 0.4) is 0 Å². The fourth-order valence-corrected chi connectivity index (χ4v) is 2.44. The smallest absolute Gasteiger partial charge is 0.258 e. The molecule has 2 rings (SSSR count). The van der Waals surface area contributed by atoms with E-state index in [1.165, 1.54) is 12.0 Å². The van der Waals surface area contributed by atoms with Gasteiger partial charge >= 0.3 is 0 Å². The molecule has 3 amide bonds. The molecule has 0 spiro atoms. The number of imide groups is 1. The van der Waals surface area contributed by atoms with Crippen LogP contribution in [0.15, 0.2) is 22.7 Å². The molecule has 1 aliphatic heterocycles. The van der Waals surface area contributed by atoms with Crippen LogP contribution in [0.25, 0.3) is 0 Å². The maximum atomic E-state index is 12.7. The van der Waals surface area contributed by atoms with Gasteiger partial charge in [0.05, 0.1) is 12.7 Å². The number of amides is 3. The van der Waals surface area contributed by atoms with Crippen molar-refractivity contribution in [3.8, 4) is 5.75 Å². The molecule has 0 unspecified atom stereocenters. The first-order valence-corrected chi connectivity index (χ1v) is 7.06. The van der Waals surface area contributed by atoms with Gasteiger partial charge in [-0.2, -0.15) is 0 Å². The van der Waals surface area contributed by atoms with Gasteiger partial charge in [-0.05, 0) is 32.0 Å². The highest BCUT2D eigenvalue weighted by Gasteiger charge is 2.44. The van der Waals surface area contributed by atoms with E-state index < -0.39 is 23.3 Å². The lowest BCUT2D eigenvalue weighted by Crippen LogP contribution is -2.65. The molecule has 0 saturated carbocycles. The topological polar surface area (TPSA) is 75.7 Å². The fourth-order valence-electron chi connectivity index (χ4n) is 2.10.